The molecule has 2 rings (SSSR count). The van der Waals surface area contributed by atoms with E-state index in [9.17, 15) is 5.11 Å². The van der Waals surface area contributed by atoms with Crippen molar-refractivity contribution in [3.63, 3.8) is 0 Å². The van der Waals surface area contributed by atoms with Gasteiger partial charge in [-0.2, -0.15) is 11.8 Å². The molecule has 0 aliphatic carbocycles. The molecule has 0 aromatic heterocycles. The van der Waals surface area contributed by atoms with Crippen LogP contribution in [-0.4, -0.2) is 28.3 Å². The molecule has 94 valence electrons. The largest absolute Gasteiger partial charge is 0.394 e. The molecule has 0 radical (unpaired) electrons. The van der Waals surface area contributed by atoms with Gasteiger partial charge in [-0.1, -0.05) is 24.6 Å². The number of benzene rings is 1. The smallest absolute Gasteiger partial charge is 0.0719 e. The first kappa shape index (κ1) is 12.8. The molecule has 3 heteroatoms. The Bertz CT molecular complexity index is 365. The Morgan fingerprint density at radius 1 is 1.41 bits per heavy atom. The summed E-state index contributed by atoms with van der Waals surface area (Å²) >= 11 is 1.95. The van der Waals surface area contributed by atoms with E-state index in [1.807, 2.05) is 11.8 Å². The molecule has 0 bridgehead atoms. The highest BCUT2D eigenvalue weighted by atomic mass is 32.2. The van der Waals surface area contributed by atoms with Crippen molar-refractivity contribution in [3.05, 3.63) is 29.8 Å². The molecule has 17 heavy (non-hydrogen) atoms. The third-order valence-corrected chi connectivity index (χ3v) is 5.12. The van der Waals surface area contributed by atoms with Gasteiger partial charge in [-0.3, -0.25) is 0 Å². The van der Waals surface area contributed by atoms with Gasteiger partial charge < -0.3 is 10.4 Å². The van der Waals surface area contributed by atoms with Crippen LogP contribution in [0.4, 0.5) is 5.69 Å². The maximum atomic E-state index is 9.75. The van der Waals surface area contributed by atoms with E-state index in [4.69, 9.17) is 0 Å². The molecular weight excluding hydrogens is 230 g/mol. The summed E-state index contributed by atoms with van der Waals surface area (Å²) in [5, 5.41) is 13.7. The molecule has 2 N–H and O–H groups in total. The molecule has 0 amide bonds. The Morgan fingerprint density at radius 2 is 2.12 bits per heavy atom. The number of aryl methyl sites for hydroxylation is 1. The molecule has 2 atom stereocenters. The van der Waals surface area contributed by atoms with Crippen molar-refractivity contribution < 1.29 is 5.11 Å². The number of thioether (sulfide) groups is 1. The van der Waals surface area contributed by atoms with Gasteiger partial charge in [-0.25, -0.2) is 0 Å². The van der Waals surface area contributed by atoms with Crippen molar-refractivity contribution in [1.29, 1.82) is 0 Å². The molecule has 0 saturated carbocycles. The van der Waals surface area contributed by atoms with Crippen LogP contribution in [0.1, 0.15) is 25.3 Å². The predicted octanol–water partition coefficient (Wildman–Crippen LogP) is 3.05. The van der Waals surface area contributed by atoms with E-state index >= 15 is 0 Å². The maximum absolute atomic E-state index is 9.75. The van der Waals surface area contributed by atoms with Crippen LogP contribution in [0.3, 0.4) is 0 Å². The Morgan fingerprint density at radius 3 is 2.71 bits per heavy atom. The SMILES string of the molecule is Cc1ccc(NC2(CO)CCCSC2C)cc1. The Hall–Kier alpha value is -0.670. The first-order chi connectivity index (χ1) is 8.16. The topological polar surface area (TPSA) is 32.3 Å². The highest BCUT2D eigenvalue weighted by molar-refractivity contribution is 8.00. The number of hydrogen-bond acceptors (Lipinski definition) is 3. The molecule has 1 aromatic rings. The second-order valence-electron chi connectivity index (χ2n) is 4.92. The quantitative estimate of drug-likeness (QED) is 0.866. The number of aliphatic hydroxyl groups is 1. The Kier molecular flexibility index (Phi) is 4.00. The van der Waals surface area contributed by atoms with Crippen molar-refractivity contribution in [2.75, 3.05) is 17.7 Å². The minimum absolute atomic E-state index is 0.155. The van der Waals surface area contributed by atoms with E-state index in [-0.39, 0.29) is 12.1 Å². The van der Waals surface area contributed by atoms with Gasteiger partial charge in [-0.15, -0.1) is 0 Å². The summed E-state index contributed by atoms with van der Waals surface area (Å²) in [5.74, 6) is 1.21. The van der Waals surface area contributed by atoms with E-state index in [0.717, 1.165) is 12.1 Å². The highest BCUT2D eigenvalue weighted by Gasteiger charge is 2.38. The van der Waals surface area contributed by atoms with Crippen LogP contribution in [-0.2, 0) is 0 Å². The van der Waals surface area contributed by atoms with E-state index < -0.39 is 0 Å². The zero-order valence-electron chi connectivity index (χ0n) is 10.6. The molecule has 1 aromatic carbocycles. The van der Waals surface area contributed by atoms with Gasteiger partial charge in [0.05, 0.1) is 12.1 Å². The second-order valence-corrected chi connectivity index (χ2v) is 6.37. The standard InChI is InChI=1S/C14H21NOS/c1-11-4-6-13(7-5-11)15-14(10-16)8-3-9-17-12(14)2/h4-7,12,15-16H,3,8-10H2,1-2H3. The van der Waals surface area contributed by atoms with E-state index in [1.54, 1.807) is 0 Å². The van der Waals surface area contributed by atoms with Gasteiger partial charge in [0.15, 0.2) is 0 Å². The zero-order valence-corrected chi connectivity index (χ0v) is 11.4. The van der Waals surface area contributed by atoms with Crippen molar-refractivity contribution >= 4 is 17.4 Å². The van der Waals surface area contributed by atoms with Crippen molar-refractivity contribution in [1.82, 2.24) is 0 Å². The lowest BCUT2D eigenvalue weighted by Gasteiger charge is -2.42. The van der Waals surface area contributed by atoms with Gasteiger partial charge in [0.2, 0.25) is 0 Å². The first-order valence-corrected chi connectivity index (χ1v) is 7.28. The fraction of sp³-hybridized carbons (Fsp3) is 0.571. The van der Waals surface area contributed by atoms with Gasteiger partial charge in [0, 0.05) is 10.9 Å². The molecular formula is C14H21NOS. The van der Waals surface area contributed by atoms with E-state index in [0.29, 0.717) is 5.25 Å². The number of aliphatic hydroxyl groups excluding tert-OH is 1. The number of rotatable bonds is 3. The van der Waals surface area contributed by atoms with Crippen molar-refractivity contribution in [2.45, 2.75) is 37.5 Å². The van der Waals surface area contributed by atoms with Crippen LogP contribution in [0, 0.1) is 6.92 Å². The number of nitrogens with one attached hydrogen (secondary N) is 1. The summed E-state index contributed by atoms with van der Waals surface area (Å²) in [6, 6.07) is 8.40. The summed E-state index contributed by atoms with van der Waals surface area (Å²) in [7, 11) is 0. The fourth-order valence-corrected chi connectivity index (χ4v) is 3.58. The first-order valence-electron chi connectivity index (χ1n) is 6.24. The summed E-state index contributed by atoms with van der Waals surface area (Å²) in [6.45, 7) is 4.50. The van der Waals surface area contributed by atoms with Gasteiger partial charge in [-0.05, 0) is 37.7 Å². The zero-order chi connectivity index (χ0) is 12.3. The molecule has 2 nitrogen and oxygen atoms in total. The molecule has 1 heterocycles. The third kappa shape index (κ3) is 2.78. The Labute approximate surface area is 108 Å². The fourth-order valence-electron chi connectivity index (χ4n) is 2.35. The monoisotopic (exact) mass is 251 g/mol. The van der Waals surface area contributed by atoms with Crippen LogP contribution in [0.2, 0.25) is 0 Å². The molecule has 1 aliphatic rings. The van der Waals surface area contributed by atoms with Crippen molar-refractivity contribution in [2.24, 2.45) is 0 Å². The van der Waals surface area contributed by atoms with Gasteiger partial charge >= 0.3 is 0 Å². The highest BCUT2D eigenvalue weighted by Crippen LogP contribution is 2.36. The summed E-state index contributed by atoms with van der Waals surface area (Å²) in [4.78, 5) is 0. The van der Waals surface area contributed by atoms with Crippen LogP contribution in [0.15, 0.2) is 24.3 Å². The molecule has 0 spiro atoms. The lowest BCUT2D eigenvalue weighted by molar-refractivity contribution is 0.198. The average Bonchev–Trinajstić information content (AvgIpc) is 2.35. The molecule has 1 saturated heterocycles. The molecule has 1 aliphatic heterocycles. The van der Waals surface area contributed by atoms with Crippen LogP contribution < -0.4 is 5.32 Å². The lowest BCUT2D eigenvalue weighted by atomic mass is 9.90. The summed E-state index contributed by atoms with van der Waals surface area (Å²) in [5.41, 5.74) is 2.22. The van der Waals surface area contributed by atoms with Gasteiger partial charge in [0.25, 0.3) is 0 Å². The maximum Gasteiger partial charge on any atom is 0.0719 e. The van der Waals surface area contributed by atoms with E-state index in [2.05, 4.69) is 43.4 Å². The lowest BCUT2D eigenvalue weighted by Crippen LogP contribution is -2.51. The second kappa shape index (κ2) is 5.32. The van der Waals surface area contributed by atoms with Gasteiger partial charge in [0.1, 0.15) is 0 Å². The van der Waals surface area contributed by atoms with Crippen LogP contribution >= 0.6 is 11.8 Å². The summed E-state index contributed by atoms with van der Waals surface area (Å²) < 4.78 is 0. The van der Waals surface area contributed by atoms with E-state index in [1.165, 1.54) is 17.7 Å². The number of anilines is 1. The summed E-state index contributed by atoms with van der Waals surface area (Å²) in [6.07, 6.45) is 2.22. The minimum Gasteiger partial charge on any atom is -0.394 e. The third-order valence-electron chi connectivity index (χ3n) is 3.64. The molecule has 2 unspecified atom stereocenters. The Balaban J connectivity index is 2.15. The van der Waals surface area contributed by atoms with Crippen LogP contribution in [0.25, 0.3) is 0 Å². The molecule has 1 fully saturated rings. The predicted molar refractivity (Wildman–Crippen MR) is 75.8 cm³/mol. The normalized spacial score (nSPS) is 29.0. The van der Waals surface area contributed by atoms with Crippen molar-refractivity contribution in [3.8, 4) is 0 Å². The minimum atomic E-state index is -0.155. The van der Waals surface area contributed by atoms with Crippen LogP contribution in [0.5, 0.6) is 0 Å². The average molecular weight is 251 g/mol. The number of hydrogen-bond donors (Lipinski definition) is 2.